The number of ether oxygens (including phenoxy) is 3. The van der Waals surface area contributed by atoms with E-state index in [0.29, 0.717) is 37.4 Å². The fraction of sp³-hybridized carbons (Fsp3) is 0.483. The standard InChI is InChI=1S/C27H37NO6S.C2H6/c1-6-11-23(18-21(3)22(7-2)19-27(29)33-5)25-13-8-9-14-26(25)35(30,31)28-15-10-12-24(20-28)34-17-16-32-4;1-2/h6-9,11,13-14,18,24H,2,10,12,15-17,19-20H2,1,3-5H3;1-2H3/b11-6-,22-21-,23-18+;. The van der Waals surface area contributed by atoms with Gasteiger partial charge in [-0.25, -0.2) is 8.42 Å². The van der Waals surface area contributed by atoms with Crippen LogP contribution in [0.4, 0.5) is 0 Å². The van der Waals surface area contributed by atoms with Gasteiger partial charge in [0.05, 0.1) is 37.7 Å². The first-order valence-corrected chi connectivity index (χ1v) is 14.2. The van der Waals surface area contributed by atoms with Gasteiger partial charge in [0.1, 0.15) is 0 Å². The zero-order valence-electron chi connectivity index (χ0n) is 23.2. The summed E-state index contributed by atoms with van der Waals surface area (Å²) in [4.78, 5) is 12.0. The zero-order chi connectivity index (χ0) is 27.8. The Kier molecular flexibility index (Phi) is 15.0. The minimum absolute atomic E-state index is 0.0869. The number of nitrogens with zero attached hydrogens (tertiary/aromatic N) is 1. The molecule has 1 aromatic rings. The molecule has 1 atom stereocenters. The third kappa shape index (κ3) is 9.70. The van der Waals surface area contributed by atoms with E-state index in [2.05, 4.69) is 6.58 Å². The Morgan fingerprint density at radius 1 is 1.19 bits per heavy atom. The number of carbonyl (C=O) groups is 1. The largest absolute Gasteiger partial charge is 0.469 e. The van der Waals surface area contributed by atoms with Gasteiger partial charge in [0, 0.05) is 25.8 Å². The number of hydrogen-bond acceptors (Lipinski definition) is 6. The van der Waals surface area contributed by atoms with Crippen molar-refractivity contribution in [3.8, 4) is 0 Å². The van der Waals surface area contributed by atoms with Gasteiger partial charge in [-0.15, -0.1) is 0 Å². The first kappa shape index (κ1) is 32.5. The molecule has 0 N–H and O–H groups in total. The third-order valence-electron chi connectivity index (χ3n) is 5.83. The van der Waals surface area contributed by atoms with Crippen molar-refractivity contribution in [3.63, 3.8) is 0 Å². The van der Waals surface area contributed by atoms with Crippen LogP contribution in [0.1, 0.15) is 52.5 Å². The molecule has 0 spiro atoms. The normalized spacial score (nSPS) is 17.6. The van der Waals surface area contributed by atoms with Gasteiger partial charge < -0.3 is 14.2 Å². The number of carbonyl (C=O) groups excluding carboxylic acids is 1. The summed E-state index contributed by atoms with van der Waals surface area (Å²) < 4.78 is 44.7. The first-order valence-electron chi connectivity index (χ1n) is 12.7. The number of hydrogen-bond donors (Lipinski definition) is 0. The van der Waals surface area contributed by atoms with Crippen LogP contribution in [0.2, 0.25) is 0 Å². The summed E-state index contributed by atoms with van der Waals surface area (Å²) in [5.74, 6) is -0.365. The quantitative estimate of drug-likeness (QED) is 0.199. The lowest BCUT2D eigenvalue weighted by molar-refractivity contribution is -0.139. The molecule has 0 aliphatic carbocycles. The molecule has 8 heteroatoms. The number of rotatable bonds is 12. The highest BCUT2D eigenvalue weighted by Crippen LogP contribution is 2.30. The second-order valence-corrected chi connectivity index (χ2v) is 10.2. The van der Waals surface area contributed by atoms with Crippen molar-refractivity contribution in [1.82, 2.24) is 4.31 Å². The molecule has 1 unspecified atom stereocenters. The molecule has 1 aromatic carbocycles. The van der Waals surface area contributed by atoms with Gasteiger partial charge in [-0.3, -0.25) is 4.79 Å². The van der Waals surface area contributed by atoms with E-state index in [0.717, 1.165) is 24.0 Å². The average Bonchev–Trinajstić information content (AvgIpc) is 2.92. The van der Waals surface area contributed by atoms with E-state index in [1.54, 1.807) is 31.4 Å². The SMILES string of the molecule is C=C/C(CC(=O)OC)=C(C)/C=C(\C=C/C)c1ccccc1S(=O)(=O)N1CCCC(OCCOC)C1.CC. The van der Waals surface area contributed by atoms with Crippen molar-refractivity contribution < 1.29 is 27.4 Å². The number of allylic oxidation sites excluding steroid dienone is 6. The average molecular weight is 534 g/mol. The monoisotopic (exact) mass is 533 g/mol. The molecular formula is C29H43NO6S. The Morgan fingerprint density at radius 2 is 1.89 bits per heavy atom. The van der Waals surface area contributed by atoms with Gasteiger partial charge in [-0.1, -0.05) is 62.9 Å². The second-order valence-electron chi connectivity index (χ2n) is 8.25. The van der Waals surface area contributed by atoms with Crippen LogP contribution in [-0.4, -0.2) is 65.3 Å². The fourth-order valence-electron chi connectivity index (χ4n) is 3.95. The van der Waals surface area contributed by atoms with Crippen molar-refractivity contribution in [1.29, 1.82) is 0 Å². The molecule has 2 rings (SSSR count). The Hall–Kier alpha value is -2.52. The van der Waals surface area contributed by atoms with E-state index in [-0.39, 0.29) is 23.4 Å². The van der Waals surface area contributed by atoms with Crippen LogP contribution >= 0.6 is 0 Å². The highest BCUT2D eigenvalue weighted by molar-refractivity contribution is 7.89. The summed E-state index contributed by atoms with van der Waals surface area (Å²) in [6.07, 6.45) is 8.69. The highest BCUT2D eigenvalue weighted by Gasteiger charge is 2.32. The van der Waals surface area contributed by atoms with Crippen LogP contribution in [0.25, 0.3) is 5.57 Å². The molecule has 0 aromatic heterocycles. The number of esters is 1. The van der Waals surface area contributed by atoms with Crippen molar-refractivity contribution in [2.24, 2.45) is 0 Å². The summed E-state index contributed by atoms with van der Waals surface area (Å²) in [7, 11) is -0.816. The Morgan fingerprint density at radius 3 is 2.51 bits per heavy atom. The van der Waals surface area contributed by atoms with E-state index in [9.17, 15) is 13.2 Å². The lowest BCUT2D eigenvalue weighted by Crippen LogP contribution is -2.43. The Labute approximate surface area is 223 Å². The third-order valence-corrected chi connectivity index (χ3v) is 7.75. The van der Waals surface area contributed by atoms with Crippen LogP contribution < -0.4 is 0 Å². The van der Waals surface area contributed by atoms with Crippen LogP contribution in [0.5, 0.6) is 0 Å². The van der Waals surface area contributed by atoms with E-state index in [1.165, 1.54) is 11.4 Å². The zero-order valence-corrected chi connectivity index (χ0v) is 24.0. The molecule has 1 aliphatic heterocycles. The predicted molar refractivity (Wildman–Crippen MR) is 150 cm³/mol. The van der Waals surface area contributed by atoms with Gasteiger partial charge >= 0.3 is 5.97 Å². The number of sulfonamides is 1. The highest BCUT2D eigenvalue weighted by atomic mass is 32.2. The van der Waals surface area contributed by atoms with Crippen LogP contribution in [0.3, 0.4) is 0 Å². The fourth-order valence-corrected chi connectivity index (χ4v) is 5.67. The Balaban J connectivity index is 0.00000334. The molecule has 0 amide bonds. The van der Waals surface area contributed by atoms with Crippen molar-refractivity contribution >= 4 is 21.6 Å². The molecule has 1 saturated heterocycles. The maximum Gasteiger partial charge on any atom is 0.309 e. The summed E-state index contributed by atoms with van der Waals surface area (Å²) in [6.45, 7) is 13.2. The van der Waals surface area contributed by atoms with Crippen LogP contribution in [0.15, 0.2) is 71.2 Å². The smallest absolute Gasteiger partial charge is 0.309 e. The van der Waals surface area contributed by atoms with Gasteiger partial charge in [-0.2, -0.15) is 4.31 Å². The molecule has 0 bridgehead atoms. The summed E-state index contributed by atoms with van der Waals surface area (Å²) in [5, 5.41) is 0. The van der Waals surface area contributed by atoms with Crippen molar-refractivity contribution in [3.05, 3.63) is 71.9 Å². The number of piperidine rings is 1. The van der Waals surface area contributed by atoms with E-state index >= 15 is 0 Å². The minimum atomic E-state index is -3.77. The molecule has 7 nitrogen and oxygen atoms in total. The van der Waals surface area contributed by atoms with Gasteiger partial charge in [0.25, 0.3) is 0 Å². The van der Waals surface area contributed by atoms with Gasteiger partial charge in [0.2, 0.25) is 10.0 Å². The lowest BCUT2D eigenvalue weighted by Gasteiger charge is -2.32. The van der Waals surface area contributed by atoms with Gasteiger partial charge in [0.15, 0.2) is 0 Å². The maximum atomic E-state index is 13.8. The van der Waals surface area contributed by atoms with Crippen LogP contribution in [0, 0.1) is 0 Å². The number of methoxy groups -OCH3 is 2. The van der Waals surface area contributed by atoms with E-state index in [4.69, 9.17) is 14.2 Å². The van der Waals surface area contributed by atoms with E-state index < -0.39 is 10.0 Å². The van der Waals surface area contributed by atoms with E-state index in [1.807, 2.05) is 52.0 Å². The molecule has 0 saturated carbocycles. The molecule has 0 radical (unpaired) electrons. The van der Waals surface area contributed by atoms with Crippen molar-refractivity contribution in [2.75, 3.05) is 40.5 Å². The molecule has 206 valence electrons. The Bertz CT molecular complexity index is 1070. The molecular weight excluding hydrogens is 490 g/mol. The molecule has 1 aliphatic rings. The minimum Gasteiger partial charge on any atom is -0.469 e. The van der Waals surface area contributed by atoms with Gasteiger partial charge in [-0.05, 0) is 49.5 Å². The summed E-state index contributed by atoms with van der Waals surface area (Å²) in [5.41, 5.74) is 2.83. The summed E-state index contributed by atoms with van der Waals surface area (Å²) in [6, 6.07) is 6.99. The molecule has 1 heterocycles. The molecule has 37 heavy (non-hydrogen) atoms. The second kappa shape index (κ2) is 17.1. The topological polar surface area (TPSA) is 82.1 Å². The van der Waals surface area contributed by atoms with Crippen LogP contribution in [-0.2, 0) is 29.0 Å². The lowest BCUT2D eigenvalue weighted by atomic mass is 9.99. The first-order chi connectivity index (χ1) is 17.8. The van der Waals surface area contributed by atoms with Crippen molar-refractivity contribution in [2.45, 2.75) is 58.0 Å². The molecule has 1 fully saturated rings. The number of benzene rings is 1. The maximum absolute atomic E-state index is 13.8. The summed E-state index contributed by atoms with van der Waals surface area (Å²) >= 11 is 0. The predicted octanol–water partition coefficient (Wildman–Crippen LogP) is 5.55.